The Hall–Kier alpha value is -2.93. The molecule has 0 aliphatic carbocycles. The zero-order valence-electron chi connectivity index (χ0n) is 15.5. The van der Waals surface area contributed by atoms with Gasteiger partial charge in [0.15, 0.2) is 4.77 Å². The van der Waals surface area contributed by atoms with Crippen LogP contribution in [0.5, 0.6) is 5.75 Å². The van der Waals surface area contributed by atoms with Crippen molar-refractivity contribution in [2.45, 2.75) is 6.92 Å². The number of aromatic amines is 1. The molecule has 1 heterocycles. The summed E-state index contributed by atoms with van der Waals surface area (Å²) >= 11 is 5.14. The fourth-order valence-electron chi connectivity index (χ4n) is 2.77. The number of ether oxygens (including phenoxy) is 1. The highest BCUT2D eigenvalue weighted by atomic mass is 32.1. The molecular weight excluding hydrogens is 362 g/mol. The van der Waals surface area contributed by atoms with Crippen molar-refractivity contribution in [2.24, 2.45) is 7.05 Å². The van der Waals surface area contributed by atoms with E-state index >= 15 is 0 Å². The zero-order chi connectivity index (χ0) is 19.6. The van der Waals surface area contributed by atoms with Crippen LogP contribution < -0.4 is 10.3 Å². The van der Waals surface area contributed by atoms with Gasteiger partial charge in [0.2, 0.25) is 0 Å². The molecule has 2 aromatic carbocycles. The van der Waals surface area contributed by atoms with E-state index in [1.807, 2.05) is 31.2 Å². The van der Waals surface area contributed by atoms with Crippen molar-refractivity contribution < 1.29 is 9.53 Å². The molecule has 0 atom stereocenters. The Morgan fingerprint density at radius 1 is 1.26 bits per heavy atom. The number of aromatic nitrogens is 2. The first-order valence-electron chi connectivity index (χ1n) is 8.55. The molecule has 1 N–H and O–H groups in total. The van der Waals surface area contributed by atoms with E-state index in [1.165, 1.54) is 4.57 Å². The molecule has 0 spiro atoms. The van der Waals surface area contributed by atoms with E-state index in [9.17, 15) is 9.59 Å². The van der Waals surface area contributed by atoms with Gasteiger partial charge in [0.1, 0.15) is 12.4 Å². The molecule has 0 unspecified atom stereocenters. The molecule has 0 fully saturated rings. The average molecular weight is 383 g/mol. The lowest BCUT2D eigenvalue weighted by molar-refractivity contribution is 0.0774. The number of likely N-dealkylation sites (N-methyl/N-ethyl adjacent to an activating group) is 1. The molecule has 0 saturated heterocycles. The fourth-order valence-corrected chi connectivity index (χ4v) is 2.96. The molecule has 1 amide bonds. The van der Waals surface area contributed by atoms with Gasteiger partial charge in [-0.1, -0.05) is 18.2 Å². The van der Waals surface area contributed by atoms with Gasteiger partial charge in [0.05, 0.1) is 17.4 Å². The highest BCUT2D eigenvalue weighted by Gasteiger charge is 2.14. The van der Waals surface area contributed by atoms with Crippen LogP contribution in [0.1, 0.15) is 15.9 Å². The summed E-state index contributed by atoms with van der Waals surface area (Å²) in [7, 11) is 3.34. The number of rotatable bonds is 5. The number of hydrogen-bond donors (Lipinski definition) is 1. The third-order valence-corrected chi connectivity index (χ3v) is 4.85. The maximum atomic E-state index is 12.7. The van der Waals surface area contributed by atoms with E-state index in [2.05, 4.69) is 4.98 Å². The first-order chi connectivity index (χ1) is 12.9. The second-order valence-corrected chi connectivity index (χ2v) is 6.78. The average Bonchev–Trinajstić information content (AvgIpc) is 2.66. The van der Waals surface area contributed by atoms with E-state index < -0.39 is 0 Å². The predicted octanol–water partition coefficient (Wildman–Crippen LogP) is 3.06. The number of H-pyrrole nitrogens is 1. The molecule has 0 radical (unpaired) electrons. The Morgan fingerprint density at radius 3 is 2.74 bits per heavy atom. The normalized spacial score (nSPS) is 10.8. The maximum Gasteiger partial charge on any atom is 0.261 e. The quantitative estimate of drug-likeness (QED) is 0.688. The summed E-state index contributed by atoms with van der Waals surface area (Å²) in [5, 5.41) is 0.494. The number of nitrogens with one attached hydrogen (secondary N) is 1. The van der Waals surface area contributed by atoms with Gasteiger partial charge in [-0.05, 0) is 49.0 Å². The number of aryl methyl sites for hydroxylation is 1. The van der Waals surface area contributed by atoms with Gasteiger partial charge in [-0.25, -0.2) is 0 Å². The summed E-state index contributed by atoms with van der Waals surface area (Å²) in [6, 6.07) is 12.7. The number of hydrogen-bond acceptors (Lipinski definition) is 4. The van der Waals surface area contributed by atoms with Gasteiger partial charge in [0.25, 0.3) is 11.5 Å². The smallest absolute Gasteiger partial charge is 0.261 e. The van der Waals surface area contributed by atoms with Gasteiger partial charge in [-0.2, -0.15) is 0 Å². The number of fused-ring (bicyclic) bond motifs is 1. The standard InChI is InChI=1S/C20H21N3O3S/c1-13-6-4-5-7-17(13)26-11-10-22(2)18(24)14-8-9-15-16(12-14)21-20(27)23(3)19(15)25/h4-9,12H,10-11H2,1-3H3,(H,21,27). The summed E-state index contributed by atoms with van der Waals surface area (Å²) in [4.78, 5) is 29.5. The Morgan fingerprint density at radius 2 is 2.00 bits per heavy atom. The maximum absolute atomic E-state index is 12.7. The van der Waals surface area contributed by atoms with Crippen LogP contribution in [0.4, 0.5) is 0 Å². The van der Waals surface area contributed by atoms with Crippen molar-refractivity contribution >= 4 is 29.0 Å². The van der Waals surface area contributed by atoms with E-state index in [1.54, 1.807) is 37.2 Å². The van der Waals surface area contributed by atoms with Crippen molar-refractivity contribution in [2.75, 3.05) is 20.2 Å². The molecule has 3 rings (SSSR count). The summed E-state index contributed by atoms with van der Waals surface area (Å²) in [6.45, 7) is 2.81. The van der Waals surface area contributed by atoms with Crippen LogP contribution in [0.2, 0.25) is 0 Å². The third kappa shape index (κ3) is 3.93. The summed E-state index contributed by atoms with van der Waals surface area (Å²) < 4.78 is 7.44. The molecule has 140 valence electrons. The summed E-state index contributed by atoms with van der Waals surface area (Å²) in [5.41, 5.74) is 1.91. The van der Waals surface area contributed by atoms with Crippen LogP contribution in [-0.2, 0) is 7.05 Å². The Balaban J connectivity index is 1.73. The van der Waals surface area contributed by atoms with Crippen LogP contribution in [0, 0.1) is 11.7 Å². The minimum Gasteiger partial charge on any atom is -0.491 e. The second-order valence-electron chi connectivity index (χ2n) is 6.40. The number of nitrogens with zero attached hydrogens (tertiary/aromatic N) is 2. The number of carbonyl (C=O) groups is 1. The number of para-hydroxylation sites is 1. The van der Waals surface area contributed by atoms with Crippen LogP contribution in [-0.4, -0.2) is 40.6 Å². The molecule has 0 aliphatic heterocycles. The van der Waals surface area contributed by atoms with Gasteiger partial charge < -0.3 is 14.6 Å². The van der Waals surface area contributed by atoms with E-state index in [0.29, 0.717) is 34.4 Å². The number of amides is 1. The second kappa shape index (κ2) is 7.75. The minimum atomic E-state index is -0.187. The highest BCUT2D eigenvalue weighted by Crippen LogP contribution is 2.16. The largest absolute Gasteiger partial charge is 0.491 e. The van der Waals surface area contributed by atoms with E-state index in [0.717, 1.165) is 11.3 Å². The molecule has 0 bridgehead atoms. The lowest BCUT2D eigenvalue weighted by Crippen LogP contribution is -2.31. The molecule has 0 aliphatic rings. The van der Waals surface area contributed by atoms with Gasteiger partial charge in [-0.15, -0.1) is 0 Å². The van der Waals surface area contributed by atoms with Gasteiger partial charge in [-0.3, -0.25) is 14.2 Å². The molecule has 7 heteroatoms. The Labute approximate surface area is 162 Å². The van der Waals surface area contributed by atoms with Gasteiger partial charge >= 0.3 is 0 Å². The zero-order valence-corrected chi connectivity index (χ0v) is 16.3. The predicted molar refractivity (Wildman–Crippen MR) is 108 cm³/mol. The topological polar surface area (TPSA) is 67.3 Å². The Kier molecular flexibility index (Phi) is 5.41. The van der Waals surface area contributed by atoms with E-state index in [-0.39, 0.29) is 11.5 Å². The van der Waals surface area contributed by atoms with Crippen LogP contribution in [0.25, 0.3) is 10.9 Å². The monoisotopic (exact) mass is 383 g/mol. The van der Waals surface area contributed by atoms with Crippen molar-refractivity contribution in [3.8, 4) is 5.75 Å². The van der Waals surface area contributed by atoms with Crippen LogP contribution in [0.3, 0.4) is 0 Å². The molecule has 6 nitrogen and oxygen atoms in total. The van der Waals surface area contributed by atoms with Gasteiger partial charge in [0, 0.05) is 19.7 Å². The fraction of sp³-hybridized carbons (Fsp3) is 0.250. The SMILES string of the molecule is Cc1ccccc1OCCN(C)C(=O)c1ccc2c(=O)n(C)c(=S)[nH]c2c1. The molecule has 0 saturated carbocycles. The van der Waals surface area contributed by atoms with Crippen molar-refractivity contribution in [1.82, 2.24) is 14.5 Å². The third-order valence-electron chi connectivity index (χ3n) is 4.47. The van der Waals surface area contributed by atoms with Crippen molar-refractivity contribution in [1.29, 1.82) is 0 Å². The van der Waals surface area contributed by atoms with Crippen molar-refractivity contribution in [3.63, 3.8) is 0 Å². The lowest BCUT2D eigenvalue weighted by Gasteiger charge is -2.18. The highest BCUT2D eigenvalue weighted by molar-refractivity contribution is 7.71. The lowest BCUT2D eigenvalue weighted by atomic mass is 10.1. The van der Waals surface area contributed by atoms with E-state index in [4.69, 9.17) is 17.0 Å². The summed E-state index contributed by atoms with van der Waals surface area (Å²) in [6.07, 6.45) is 0. The molecule has 27 heavy (non-hydrogen) atoms. The molecule has 1 aromatic heterocycles. The Bertz CT molecular complexity index is 1120. The number of carbonyl (C=O) groups excluding carboxylic acids is 1. The minimum absolute atomic E-state index is 0.148. The van der Waals surface area contributed by atoms with Crippen LogP contribution in [0.15, 0.2) is 47.3 Å². The first-order valence-corrected chi connectivity index (χ1v) is 8.96. The first kappa shape index (κ1) is 18.8. The summed E-state index contributed by atoms with van der Waals surface area (Å²) in [5.74, 6) is 0.665. The van der Waals surface area contributed by atoms with Crippen LogP contribution >= 0.6 is 12.2 Å². The number of benzene rings is 2. The molecular formula is C20H21N3O3S. The molecule has 3 aromatic rings. The van der Waals surface area contributed by atoms with Crippen molar-refractivity contribution in [3.05, 3.63) is 68.7 Å².